The maximum atomic E-state index is 5.26. The van der Waals surface area contributed by atoms with E-state index in [0.717, 1.165) is 62.0 Å². The van der Waals surface area contributed by atoms with Crippen LogP contribution in [0.2, 0.25) is 0 Å². The number of hydrogen-bond acceptors (Lipinski definition) is 7. The van der Waals surface area contributed by atoms with E-state index in [4.69, 9.17) is 24.9 Å². The number of hydrogen-bond donors (Lipinski definition) is 0. The summed E-state index contributed by atoms with van der Waals surface area (Å²) in [4.78, 5) is 30.6. The Morgan fingerprint density at radius 1 is 0.300 bits per heavy atom. The Hall–Kier alpha value is -6.73. The van der Waals surface area contributed by atoms with Crippen molar-refractivity contribution in [3.63, 3.8) is 0 Å². The maximum Gasteiger partial charge on any atom is 0.164 e. The number of amidine groups is 2. The van der Waals surface area contributed by atoms with Crippen molar-refractivity contribution < 1.29 is 0 Å². The quantitative estimate of drug-likeness (QED) is 0.153. The van der Waals surface area contributed by atoms with Gasteiger partial charge in [0, 0.05) is 39.2 Å². The summed E-state index contributed by atoms with van der Waals surface area (Å²) in [5, 5.41) is 0. The highest BCUT2D eigenvalue weighted by molar-refractivity contribution is 6.13. The first-order valence-corrected chi connectivity index (χ1v) is 20.8. The van der Waals surface area contributed by atoms with Gasteiger partial charge in [0.25, 0.3) is 0 Å². The lowest BCUT2D eigenvalue weighted by molar-refractivity contribution is 0.338. The van der Waals surface area contributed by atoms with Gasteiger partial charge in [-0.1, -0.05) is 115 Å². The molecule has 0 aliphatic carbocycles. The molecular weight excluding hydrogens is 735 g/mol. The third-order valence-electron chi connectivity index (χ3n) is 13.0. The first kappa shape index (κ1) is 38.8. The molecule has 2 aliphatic heterocycles. The molecule has 0 saturated heterocycles. The highest BCUT2D eigenvalue weighted by Gasteiger charge is 2.51. The number of benzene rings is 6. The molecule has 0 fully saturated rings. The third-order valence-corrected chi connectivity index (χ3v) is 13.0. The van der Waals surface area contributed by atoms with Crippen LogP contribution in [0, 0.1) is 0 Å². The second-order valence-corrected chi connectivity index (χ2v) is 17.9. The number of anilines is 2. The van der Waals surface area contributed by atoms with Gasteiger partial charge in [-0.15, -0.1) is 0 Å². The highest BCUT2D eigenvalue weighted by atomic mass is 15.3. The summed E-state index contributed by atoms with van der Waals surface area (Å²) in [5.74, 6) is 3.76. The van der Waals surface area contributed by atoms with Crippen LogP contribution in [-0.4, -0.2) is 48.8 Å². The zero-order valence-corrected chi connectivity index (χ0v) is 35.7. The summed E-state index contributed by atoms with van der Waals surface area (Å²) in [5.41, 5.74) is 8.16. The molecular formula is C53H51N7. The van der Waals surface area contributed by atoms with Crippen molar-refractivity contribution in [1.82, 2.24) is 15.0 Å². The smallest absolute Gasteiger partial charge is 0.164 e. The van der Waals surface area contributed by atoms with Gasteiger partial charge >= 0.3 is 0 Å². The first-order chi connectivity index (χ1) is 28.7. The van der Waals surface area contributed by atoms with Gasteiger partial charge in [0.2, 0.25) is 0 Å². The van der Waals surface area contributed by atoms with Crippen molar-refractivity contribution in [2.24, 2.45) is 9.98 Å². The Bertz CT molecular complexity index is 2570. The molecule has 0 unspecified atom stereocenters. The fourth-order valence-corrected chi connectivity index (χ4v) is 8.16. The van der Waals surface area contributed by atoms with Gasteiger partial charge in [0.1, 0.15) is 11.7 Å². The van der Waals surface area contributed by atoms with Crippen LogP contribution in [0.25, 0.3) is 45.3 Å². The summed E-state index contributed by atoms with van der Waals surface area (Å²) in [6.07, 6.45) is 0. The van der Waals surface area contributed by atoms with Crippen molar-refractivity contribution in [1.29, 1.82) is 0 Å². The van der Waals surface area contributed by atoms with Gasteiger partial charge in [0.05, 0.1) is 22.2 Å². The van der Waals surface area contributed by atoms with Gasteiger partial charge in [-0.25, -0.2) is 15.0 Å². The molecule has 0 radical (unpaired) electrons. The Balaban J connectivity index is 1.11. The van der Waals surface area contributed by atoms with Crippen LogP contribution in [0.3, 0.4) is 0 Å². The zero-order valence-electron chi connectivity index (χ0n) is 35.7. The second kappa shape index (κ2) is 14.5. The zero-order chi connectivity index (χ0) is 41.9. The molecule has 7 nitrogen and oxygen atoms in total. The minimum absolute atomic E-state index is 0.279. The number of rotatable bonds is 8. The largest absolute Gasteiger partial charge is 0.318 e. The molecule has 2 aliphatic rings. The van der Waals surface area contributed by atoms with Gasteiger partial charge < -0.3 is 9.80 Å². The van der Waals surface area contributed by atoms with Crippen LogP contribution in [-0.2, 0) is 0 Å². The van der Waals surface area contributed by atoms with Crippen molar-refractivity contribution in [2.75, 3.05) is 9.80 Å². The van der Waals surface area contributed by atoms with Crippen molar-refractivity contribution >= 4 is 23.0 Å². The summed E-state index contributed by atoms with van der Waals surface area (Å²) in [6.45, 7) is 17.9. The lowest BCUT2D eigenvalue weighted by atomic mass is 9.83. The summed E-state index contributed by atoms with van der Waals surface area (Å²) in [7, 11) is 0. The molecule has 298 valence electrons. The third kappa shape index (κ3) is 6.68. The van der Waals surface area contributed by atoms with E-state index in [-0.39, 0.29) is 22.2 Å². The average Bonchev–Trinajstić information content (AvgIpc) is 3.59. The standard InChI is InChI=1S/C53H51N7/c1-50(2)52(5,6)59(48(57-50)41-20-14-10-15-21-41)43-32-28-39(29-33-43)46-54-45(38-26-24-37(25-27-38)36-18-12-9-13-19-36)55-47(56-46)40-30-34-44(35-31-40)60-49(42-22-16-11-17-23-42)58-51(3,4)53(60,7)8/h9-35H,1-8H3. The van der Waals surface area contributed by atoms with Crippen LogP contribution in [0.4, 0.5) is 11.4 Å². The Morgan fingerprint density at radius 3 is 0.900 bits per heavy atom. The Morgan fingerprint density at radius 2 is 0.567 bits per heavy atom. The Kier molecular flexibility index (Phi) is 9.38. The molecule has 0 N–H and O–H groups in total. The predicted octanol–water partition coefficient (Wildman–Crippen LogP) is 12.2. The van der Waals surface area contributed by atoms with Gasteiger partial charge in [-0.05, 0) is 115 Å². The fourth-order valence-electron chi connectivity index (χ4n) is 8.16. The number of nitrogens with zero attached hydrogens (tertiary/aromatic N) is 7. The van der Waals surface area contributed by atoms with E-state index in [1.54, 1.807) is 0 Å². The normalized spacial score (nSPS) is 17.3. The fraction of sp³-hybridized carbons (Fsp3) is 0.226. The SMILES string of the molecule is CC1(C)N=C(c2ccccc2)N(c2ccc(-c3nc(-c4ccc(-c5ccccc5)cc4)nc(-c4ccc(N5C(c6ccccc6)=NC(C)(C)C5(C)C)cc4)n3)cc2)C1(C)C. The molecule has 0 atom stereocenters. The van der Waals surface area contributed by atoms with Gasteiger partial charge in [0.15, 0.2) is 17.5 Å². The molecule has 0 bridgehead atoms. The van der Waals surface area contributed by atoms with E-state index >= 15 is 0 Å². The Labute approximate surface area is 354 Å². The molecule has 6 aromatic carbocycles. The summed E-state index contributed by atoms with van der Waals surface area (Å²) in [6, 6.07) is 56.9. The lowest BCUT2D eigenvalue weighted by Crippen LogP contribution is -2.53. The predicted molar refractivity (Wildman–Crippen MR) is 249 cm³/mol. The van der Waals surface area contributed by atoms with E-state index in [1.807, 2.05) is 18.2 Å². The van der Waals surface area contributed by atoms with Crippen molar-refractivity contribution in [3.05, 3.63) is 175 Å². The van der Waals surface area contributed by atoms with Crippen molar-refractivity contribution in [3.8, 4) is 45.3 Å². The number of aromatic nitrogens is 3. The molecule has 60 heavy (non-hydrogen) atoms. The average molecular weight is 786 g/mol. The topological polar surface area (TPSA) is 69.9 Å². The lowest BCUT2D eigenvalue weighted by Gasteiger charge is -2.41. The number of aliphatic imine (C=N–C) groups is 2. The van der Waals surface area contributed by atoms with Gasteiger partial charge in [-0.2, -0.15) is 0 Å². The second-order valence-electron chi connectivity index (χ2n) is 17.9. The van der Waals surface area contributed by atoms with E-state index in [2.05, 4.69) is 211 Å². The van der Waals surface area contributed by atoms with Crippen molar-refractivity contribution in [2.45, 2.75) is 77.5 Å². The molecule has 3 heterocycles. The molecule has 0 saturated carbocycles. The van der Waals surface area contributed by atoms with Gasteiger partial charge in [-0.3, -0.25) is 9.98 Å². The monoisotopic (exact) mass is 785 g/mol. The summed E-state index contributed by atoms with van der Waals surface area (Å²) < 4.78 is 0. The maximum absolute atomic E-state index is 5.26. The van der Waals surface area contributed by atoms with E-state index in [1.165, 1.54) is 0 Å². The highest BCUT2D eigenvalue weighted by Crippen LogP contribution is 2.44. The molecule has 9 rings (SSSR count). The molecule has 7 heteroatoms. The van der Waals surface area contributed by atoms with Crippen LogP contribution < -0.4 is 9.80 Å². The van der Waals surface area contributed by atoms with E-state index in [9.17, 15) is 0 Å². The molecule has 7 aromatic rings. The summed E-state index contributed by atoms with van der Waals surface area (Å²) >= 11 is 0. The molecule has 0 amide bonds. The first-order valence-electron chi connectivity index (χ1n) is 20.8. The van der Waals surface area contributed by atoms with E-state index < -0.39 is 0 Å². The van der Waals surface area contributed by atoms with Crippen LogP contribution in [0.5, 0.6) is 0 Å². The van der Waals surface area contributed by atoms with Crippen LogP contribution in [0.1, 0.15) is 66.5 Å². The van der Waals surface area contributed by atoms with E-state index in [0.29, 0.717) is 17.5 Å². The molecule has 0 spiro atoms. The van der Waals surface area contributed by atoms with Crippen LogP contribution >= 0.6 is 0 Å². The van der Waals surface area contributed by atoms with Crippen LogP contribution in [0.15, 0.2) is 174 Å². The minimum Gasteiger partial charge on any atom is -0.318 e. The minimum atomic E-state index is -0.308. The molecule has 1 aromatic heterocycles.